The minimum atomic E-state index is -3.70. The number of hydrogen-bond donors (Lipinski definition) is 2. The van der Waals surface area contributed by atoms with Crippen LogP contribution >= 0.6 is 11.3 Å². The molecule has 0 radical (unpaired) electrons. The third-order valence-corrected chi connectivity index (χ3v) is 5.58. The van der Waals surface area contributed by atoms with Crippen molar-refractivity contribution in [3.63, 3.8) is 0 Å². The first-order valence-electron chi connectivity index (χ1n) is 5.51. The molecular formula is C12H13FN2O2S2. The lowest BCUT2D eigenvalue weighted by atomic mass is 10.2. The van der Waals surface area contributed by atoms with Crippen molar-refractivity contribution in [1.82, 2.24) is 0 Å². The maximum Gasteiger partial charge on any atom is 0.271 e. The minimum absolute atomic E-state index is 0.164. The number of rotatable bonds is 4. The molecule has 0 saturated heterocycles. The van der Waals surface area contributed by atoms with Crippen LogP contribution < -0.4 is 10.5 Å². The van der Waals surface area contributed by atoms with E-state index in [9.17, 15) is 12.8 Å². The van der Waals surface area contributed by atoms with E-state index in [4.69, 9.17) is 5.73 Å². The van der Waals surface area contributed by atoms with Crippen LogP contribution in [0, 0.1) is 12.7 Å². The standard InChI is InChI=1S/C12H13FN2O2S2/c1-8-10(13)3-2-4-11(8)15-19(16,17)12-6-5-9(7-14)18-12/h2-6,15H,7,14H2,1H3. The zero-order valence-electron chi connectivity index (χ0n) is 10.2. The van der Waals surface area contributed by atoms with Crippen molar-refractivity contribution in [3.05, 3.63) is 46.6 Å². The second-order valence-electron chi connectivity index (χ2n) is 3.94. The molecule has 1 heterocycles. The largest absolute Gasteiger partial charge is 0.326 e. The first kappa shape index (κ1) is 14.0. The van der Waals surface area contributed by atoms with Crippen molar-refractivity contribution in [1.29, 1.82) is 0 Å². The molecule has 102 valence electrons. The quantitative estimate of drug-likeness (QED) is 0.911. The Kier molecular flexibility index (Phi) is 3.88. The summed E-state index contributed by atoms with van der Waals surface area (Å²) in [5.41, 5.74) is 5.95. The van der Waals surface area contributed by atoms with E-state index in [0.717, 1.165) is 16.2 Å². The summed E-state index contributed by atoms with van der Waals surface area (Å²) in [5, 5.41) is 0. The van der Waals surface area contributed by atoms with Crippen molar-refractivity contribution in [2.45, 2.75) is 17.7 Å². The van der Waals surface area contributed by atoms with Gasteiger partial charge in [0.15, 0.2) is 0 Å². The van der Waals surface area contributed by atoms with E-state index >= 15 is 0 Å². The predicted molar refractivity (Wildman–Crippen MR) is 74.2 cm³/mol. The van der Waals surface area contributed by atoms with Crippen LogP contribution in [0.2, 0.25) is 0 Å². The maximum absolute atomic E-state index is 13.4. The third-order valence-electron chi connectivity index (χ3n) is 2.62. The Morgan fingerprint density at radius 1 is 1.32 bits per heavy atom. The Morgan fingerprint density at radius 3 is 2.68 bits per heavy atom. The summed E-state index contributed by atoms with van der Waals surface area (Å²) in [7, 11) is -3.70. The van der Waals surface area contributed by atoms with Gasteiger partial charge in [-0.25, -0.2) is 12.8 Å². The van der Waals surface area contributed by atoms with E-state index in [1.54, 1.807) is 6.07 Å². The number of nitrogens with one attached hydrogen (secondary N) is 1. The van der Waals surface area contributed by atoms with Gasteiger partial charge in [0.25, 0.3) is 10.0 Å². The second kappa shape index (κ2) is 5.28. The normalized spacial score (nSPS) is 11.5. The van der Waals surface area contributed by atoms with E-state index < -0.39 is 15.8 Å². The van der Waals surface area contributed by atoms with E-state index in [1.165, 1.54) is 31.2 Å². The van der Waals surface area contributed by atoms with Gasteiger partial charge in [-0.15, -0.1) is 11.3 Å². The molecular weight excluding hydrogens is 287 g/mol. The molecule has 2 rings (SSSR count). The average molecular weight is 300 g/mol. The third kappa shape index (κ3) is 2.94. The van der Waals surface area contributed by atoms with E-state index in [1.807, 2.05) is 0 Å². The summed E-state index contributed by atoms with van der Waals surface area (Å²) >= 11 is 1.10. The topological polar surface area (TPSA) is 72.2 Å². The van der Waals surface area contributed by atoms with Crippen LogP contribution in [0.25, 0.3) is 0 Å². The highest BCUT2D eigenvalue weighted by Crippen LogP contribution is 2.25. The smallest absolute Gasteiger partial charge is 0.271 e. The van der Waals surface area contributed by atoms with Gasteiger partial charge < -0.3 is 5.73 Å². The van der Waals surface area contributed by atoms with E-state index in [2.05, 4.69) is 4.72 Å². The van der Waals surface area contributed by atoms with Gasteiger partial charge in [0, 0.05) is 17.0 Å². The number of anilines is 1. The van der Waals surface area contributed by atoms with E-state index in [-0.39, 0.29) is 15.5 Å². The molecule has 2 aromatic rings. The molecule has 0 atom stereocenters. The zero-order chi connectivity index (χ0) is 14.0. The van der Waals surface area contributed by atoms with Crippen LogP contribution in [-0.4, -0.2) is 8.42 Å². The molecule has 0 bridgehead atoms. The molecule has 3 N–H and O–H groups in total. The molecule has 4 nitrogen and oxygen atoms in total. The highest BCUT2D eigenvalue weighted by atomic mass is 32.2. The lowest BCUT2D eigenvalue weighted by Gasteiger charge is -2.09. The van der Waals surface area contributed by atoms with Crippen molar-refractivity contribution in [2.75, 3.05) is 4.72 Å². The van der Waals surface area contributed by atoms with Crippen molar-refractivity contribution < 1.29 is 12.8 Å². The Hall–Kier alpha value is -1.44. The fourth-order valence-corrected chi connectivity index (χ4v) is 3.88. The Labute approximate surface area is 115 Å². The Morgan fingerprint density at radius 2 is 2.05 bits per heavy atom. The van der Waals surface area contributed by atoms with Crippen molar-refractivity contribution >= 4 is 27.0 Å². The van der Waals surface area contributed by atoms with Crippen LogP contribution in [0.4, 0.5) is 10.1 Å². The van der Waals surface area contributed by atoms with Gasteiger partial charge in [-0.1, -0.05) is 6.07 Å². The number of thiophene rings is 1. The maximum atomic E-state index is 13.4. The molecule has 19 heavy (non-hydrogen) atoms. The van der Waals surface area contributed by atoms with Crippen LogP contribution in [0.5, 0.6) is 0 Å². The molecule has 7 heteroatoms. The van der Waals surface area contributed by atoms with Gasteiger partial charge in [-0.05, 0) is 31.2 Å². The van der Waals surface area contributed by atoms with Crippen molar-refractivity contribution in [2.24, 2.45) is 5.73 Å². The second-order valence-corrected chi connectivity index (χ2v) is 7.02. The highest BCUT2D eigenvalue weighted by Gasteiger charge is 2.18. The fourth-order valence-electron chi connectivity index (χ4n) is 1.53. The summed E-state index contributed by atoms with van der Waals surface area (Å²) < 4.78 is 40.2. The number of nitrogens with two attached hydrogens (primary N) is 1. The SMILES string of the molecule is Cc1c(F)cccc1NS(=O)(=O)c1ccc(CN)s1. The number of sulfonamides is 1. The monoisotopic (exact) mass is 300 g/mol. The molecule has 0 aliphatic rings. The van der Waals surface area contributed by atoms with Gasteiger partial charge in [0.05, 0.1) is 5.69 Å². The van der Waals surface area contributed by atoms with Gasteiger partial charge in [0.2, 0.25) is 0 Å². The lowest BCUT2D eigenvalue weighted by molar-refractivity contribution is 0.602. The van der Waals surface area contributed by atoms with Crippen molar-refractivity contribution in [3.8, 4) is 0 Å². The summed E-state index contributed by atoms with van der Waals surface area (Å²) in [6, 6.07) is 7.42. The van der Waals surface area contributed by atoms with E-state index in [0.29, 0.717) is 6.54 Å². The van der Waals surface area contributed by atoms with Gasteiger partial charge in [-0.2, -0.15) is 0 Å². The van der Waals surface area contributed by atoms with Gasteiger partial charge in [0.1, 0.15) is 10.0 Å². The highest BCUT2D eigenvalue weighted by molar-refractivity contribution is 7.94. The summed E-state index contributed by atoms with van der Waals surface area (Å²) in [6.45, 7) is 1.81. The molecule has 0 amide bonds. The zero-order valence-corrected chi connectivity index (χ0v) is 11.8. The van der Waals surface area contributed by atoms with Crippen LogP contribution in [-0.2, 0) is 16.6 Å². The number of hydrogen-bond acceptors (Lipinski definition) is 4. The average Bonchev–Trinajstić information content (AvgIpc) is 2.84. The summed E-state index contributed by atoms with van der Waals surface area (Å²) in [6.07, 6.45) is 0. The lowest BCUT2D eigenvalue weighted by Crippen LogP contribution is -2.12. The Bertz CT molecular complexity index is 696. The Balaban J connectivity index is 2.33. The fraction of sp³-hybridized carbons (Fsp3) is 0.167. The molecule has 1 aromatic carbocycles. The minimum Gasteiger partial charge on any atom is -0.326 e. The summed E-state index contributed by atoms with van der Waals surface area (Å²) in [4.78, 5) is 0.774. The first-order chi connectivity index (χ1) is 8.94. The van der Waals surface area contributed by atoms with Crippen LogP contribution in [0.1, 0.15) is 10.4 Å². The molecule has 0 aliphatic heterocycles. The molecule has 1 aromatic heterocycles. The first-order valence-corrected chi connectivity index (χ1v) is 7.80. The number of halogens is 1. The van der Waals surface area contributed by atoms with Gasteiger partial charge in [-0.3, -0.25) is 4.72 Å². The summed E-state index contributed by atoms with van der Waals surface area (Å²) in [5.74, 6) is -0.450. The molecule has 0 spiro atoms. The van der Waals surface area contributed by atoms with Gasteiger partial charge >= 0.3 is 0 Å². The molecule has 0 unspecified atom stereocenters. The number of benzene rings is 1. The molecule has 0 aliphatic carbocycles. The van der Waals surface area contributed by atoms with Crippen LogP contribution in [0.3, 0.4) is 0 Å². The predicted octanol–water partition coefficient (Wildman–Crippen LogP) is 2.46. The molecule has 0 fully saturated rings. The molecule has 0 saturated carbocycles. The van der Waals surface area contributed by atoms with Crippen LogP contribution in [0.15, 0.2) is 34.5 Å².